The van der Waals surface area contributed by atoms with Gasteiger partial charge in [-0.1, -0.05) is 6.92 Å². The van der Waals surface area contributed by atoms with E-state index in [-0.39, 0.29) is 5.82 Å². The summed E-state index contributed by atoms with van der Waals surface area (Å²) in [5.41, 5.74) is 2.69. The van der Waals surface area contributed by atoms with Crippen molar-refractivity contribution in [2.45, 2.75) is 33.7 Å². The van der Waals surface area contributed by atoms with Crippen LogP contribution in [0.1, 0.15) is 25.0 Å². The van der Waals surface area contributed by atoms with Crippen LogP contribution in [0.5, 0.6) is 0 Å². The largest absolute Gasteiger partial charge is 0.265 e. The van der Waals surface area contributed by atoms with Crippen molar-refractivity contribution in [3.63, 3.8) is 0 Å². The van der Waals surface area contributed by atoms with Crippen LogP contribution in [-0.4, -0.2) is 9.78 Å². The standard InChI is InChI=1S/C12H15FN2/c1-4-9-11(13)6-8(3)10-7-14-15(5-2)12(9)10/h6-7H,4-5H2,1-3H3. The van der Waals surface area contributed by atoms with E-state index in [1.807, 2.05) is 31.6 Å². The van der Waals surface area contributed by atoms with Crippen molar-refractivity contribution in [3.05, 3.63) is 29.2 Å². The second-order valence-corrected chi connectivity index (χ2v) is 3.73. The maximum Gasteiger partial charge on any atom is 0.128 e. The highest BCUT2D eigenvalue weighted by molar-refractivity contribution is 5.85. The lowest BCUT2D eigenvalue weighted by Crippen LogP contribution is -2.01. The summed E-state index contributed by atoms with van der Waals surface area (Å²) in [7, 11) is 0. The first kappa shape index (κ1) is 10.1. The predicted octanol–water partition coefficient (Wildman–Crippen LogP) is 3.07. The second kappa shape index (κ2) is 3.65. The fourth-order valence-corrected chi connectivity index (χ4v) is 2.04. The van der Waals surface area contributed by atoms with Gasteiger partial charge in [0.25, 0.3) is 0 Å². The molecule has 0 unspecified atom stereocenters. The first-order chi connectivity index (χ1) is 7.19. The van der Waals surface area contributed by atoms with E-state index >= 15 is 0 Å². The van der Waals surface area contributed by atoms with Crippen molar-refractivity contribution in [3.8, 4) is 0 Å². The minimum absolute atomic E-state index is 0.113. The molecular weight excluding hydrogens is 191 g/mol. The van der Waals surface area contributed by atoms with Crippen LogP contribution < -0.4 is 0 Å². The summed E-state index contributed by atoms with van der Waals surface area (Å²) in [5, 5.41) is 5.34. The van der Waals surface area contributed by atoms with Gasteiger partial charge < -0.3 is 0 Å². The first-order valence-electron chi connectivity index (χ1n) is 5.32. The average molecular weight is 206 g/mol. The van der Waals surface area contributed by atoms with Crippen LogP contribution in [0.25, 0.3) is 10.9 Å². The summed E-state index contributed by atoms with van der Waals surface area (Å²) < 4.78 is 15.6. The molecule has 2 nitrogen and oxygen atoms in total. The smallest absolute Gasteiger partial charge is 0.128 e. The van der Waals surface area contributed by atoms with Crippen molar-refractivity contribution in [1.82, 2.24) is 9.78 Å². The lowest BCUT2D eigenvalue weighted by atomic mass is 10.0. The molecule has 1 aromatic heterocycles. The van der Waals surface area contributed by atoms with Gasteiger partial charge in [-0.2, -0.15) is 5.10 Å². The summed E-state index contributed by atoms with van der Waals surface area (Å²) in [5.74, 6) is -0.113. The molecule has 0 amide bonds. The third-order valence-corrected chi connectivity index (χ3v) is 2.83. The average Bonchev–Trinajstić information content (AvgIpc) is 2.62. The van der Waals surface area contributed by atoms with Crippen molar-refractivity contribution >= 4 is 10.9 Å². The lowest BCUT2D eigenvalue weighted by Gasteiger charge is -2.07. The molecular formula is C12H15FN2. The predicted molar refractivity (Wildman–Crippen MR) is 59.5 cm³/mol. The van der Waals surface area contributed by atoms with E-state index < -0.39 is 0 Å². The number of fused-ring (bicyclic) bond motifs is 1. The van der Waals surface area contributed by atoms with E-state index in [1.54, 1.807) is 6.07 Å². The number of halogens is 1. The Bertz CT molecular complexity index is 500. The second-order valence-electron chi connectivity index (χ2n) is 3.73. The summed E-state index contributed by atoms with van der Waals surface area (Å²) >= 11 is 0. The van der Waals surface area contributed by atoms with Crippen LogP contribution in [0.3, 0.4) is 0 Å². The minimum atomic E-state index is -0.113. The van der Waals surface area contributed by atoms with Crippen molar-refractivity contribution in [2.24, 2.45) is 0 Å². The Hall–Kier alpha value is -1.38. The molecule has 2 aromatic rings. The van der Waals surface area contributed by atoms with Crippen LogP contribution in [0.4, 0.5) is 4.39 Å². The van der Waals surface area contributed by atoms with Gasteiger partial charge in [0, 0.05) is 17.5 Å². The van der Waals surface area contributed by atoms with Gasteiger partial charge in [0.05, 0.1) is 11.7 Å². The zero-order valence-electron chi connectivity index (χ0n) is 9.34. The van der Waals surface area contributed by atoms with Gasteiger partial charge in [-0.3, -0.25) is 4.68 Å². The Labute approximate surface area is 88.7 Å². The third kappa shape index (κ3) is 1.42. The fourth-order valence-electron chi connectivity index (χ4n) is 2.04. The zero-order chi connectivity index (χ0) is 11.0. The van der Waals surface area contributed by atoms with Crippen LogP contribution >= 0.6 is 0 Å². The van der Waals surface area contributed by atoms with Gasteiger partial charge in [0.1, 0.15) is 5.82 Å². The molecule has 2 rings (SSSR count). The molecule has 0 bridgehead atoms. The normalized spacial score (nSPS) is 11.2. The number of aromatic nitrogens is 2. The Morgan fingerprint density at radius 2 is 2.13 bits per heavy atom. The van der Waals surface area contributed by atoms with Crippen molar-refractivity contribution < 1.29 is 4.39 Å². The topological polar surface area (TPSA) is 17.8 Å². The molecule has 15 heavy (non-hydrogen) atoms. The first-order valence-corrected chi connectivity index (χ1v) is 5.32. The van der Waals surface area contributed by atoms with Crippen molar-refractivity contribution in [1.29, 1.82) is 0 Å². The van der Waals surface area contributed by atoms with E-state index in [1.165, 1.54) is 0 Å². The molecule has 1 aromatic carbocycles. The number of nitrogens with zero attached hydrogens (tertiary/aromatic N) is 2. The van der Waals surface area contributed by atoms with Gasteiger partial charge in [-0.25, -0.2) is 4.39 Å². The van der Waals surface area contributed by atoms with Crippen molar-refractivity contribution in [2.75, 3.05) is 0 Å². The summed E-state index contributed by atoms with van der Waals surface area (Å²) in [6.07, 6.45) is 2.53. The van der Waals surface area contributed by atoms with Crippen LogP contribution in [0.15, 0.2) is 12.3 Å². The Morgan fingerprint density at radius 1 is 1.40 bits per heavy atom. The SMILES string of the molecule is CCc1c(F)cc(C)c2cnn(CC)c12. The molecule has 0 spiro atoms. The van der Waals surface area contributed by atoms with Crippen LogP contribution in [0, 0.1) is 12.7 Å². The Balaban J connectivity index is 2.89. The molecule has 3 heteroatoms. The lowest BCUT2D eigenvalue weighted by molar-refractivity contribution is 0.608. The van der Waals surface area contributed by atoms with Gasteiger partial charge in [-0.15, -0.1) is 0 Å². The molecule has 0 saturated carbocycles. The van der Waals surface area contributed by atoms with E-state index in [4.69, 9.17) is 0 Å². The maximum absolute atomic E-state index is 13.7. The molecule has 0 aliphatic rings. The number of hydrogen-bond acceptors (Lipinski definition) is 1. The summed E-state index contributed by atoms with van der Waals surface area (Å²) in [6, 6.07) is 1.60. The van der Waals surface area contributed by atoms with E-state index in [2.05, 4.69) is 5.10 Å². The molecule has 0 atom stereocenters. The van der Waals surface area contributed by atoms with E-state index in [0.29, 0.717) is 6.42 Å². The summed E-state index contributed by atoms with van der Waals surface area (Å²) in [6.45, 7) is 6.69. The van der Waals surface area contributed by atoms with Gasteiger partial charge in [-0.05, 0) is 31.9 Å². The number of benzene rings is 1. The Morgan fingerprint density at radius 3 is 2.73 bits per heavy atom. The number of aryl methyl sites for hydroxylation is 3. The molecule has 0 radical (unpaired) electrons. The fraction of sp³-hybridized carbons (Fsp3) is 0.417. The molecule has 0 N–H and O–H groups in total. The Kier molecular flexibility index (Phi) is 2.47. The summed E-state index contributed by atoms with van der Waals surface area (Å²) in [4.78, 5) is 0. The molecule has 0 aliphatic carbocycles. The molecule has 80 valence electrons. The maximum atomic E-state index is 13.7. The van der Waals surface area contributed by atoms with E-state index in [0.717, 1.165) is 28.6 Å². The van der Waals surface area contributed by atoms with Gasteiger partial charge >= 0.3 is 0 Å². The molecule has 1 heterocycles. The third-order valence-electron chi connectivity index (χ3n) is 2.83. The van der Waals surface area contributed by atoms with Crippen LogP contribution in [-0.2, 0) is 13.0 Å². The zero-order valence-corrected chi connectivity index (χ0v) is 9.34. The highest BCUT2D eigenvalue weighted by Crippen LogP contribution is 2.25. The molecule has 0 aliphatic heterocycles. The van der Waals surface area contributed by atoms with Gasteiger partial charge in [0.2, 0.25) is 0 Å². The van der Waals surface area contributed by atoms with Crippen LogP contribution in [0.2, 0.25) is 0 Å². The quantitative estimate of drug-likeness (QED) is 0.738. The minimum Gasteiger partial charge on any atom is -0.265 e. The van der Waals surface area contributed by atoms with Gasteiger partial charge in [0.15, 0.2) is 0 Å². The monoisotopic (exact) mass is 206 g/mol. The number of rotatable bonds is 2. The molecule has 0 saturated heterocycles. The highest BCUT2D eigenvalue weighted by atomic mass is 19.1. The highest BCUT2D eigenvalue weighted by Gasteiger charge is 2.12. The van der Waals surface area contributed by atoms with E-state index in [9.17, 15) is 4.39 Å². The number of hydrogen-bond donors (Lipinski definition) is 0. The molecule has 0 fully saturated rings.